The summed E-state index contributed by atoms with van der Waals surface area (Å²) in [5, 5.41) is 9.03. The van der Waals surface area contributed by atoms with Crippen molar-refractivity contribution in [3.63, 3.8) is 0 Å². The third-order valence-corrected chi connectivity index (χ3v) is 3.23. The molecule has 16 heavy (non-hydrogen) atoms. The van der Waals surface area contributed by atoms with Gasteiger partial charge in [0.15, 0.2) is 5.78 Å². The first-order valence-electron chi connectivity index (χ1n) is 5.52. The Labute approximate surface area is 94.1 Å². The SMILES string of the molecule is O=C(O)C1CCCC1C(=O)c1ccccc1. The van der Waals surface area contributed by atoms with Crippen LogP contribution < -0.4 is 0 Å². The Morgan fingerprint density at radius 3 is 2.31 bits per heavy atom. The first kappa shape index (κ1) is 10.9. The summed E-state index contributed by atoms with van der Waals surface area (Å²) in [5.74, 6) is -1.69. The first-order valence-corrected chi connectivity index (χ1v) is 5.52. The molecule has 1 aliphatic rings. The second-order valence-electron chi connectivity index (χ2n) is 4.21. The minimum atomic E-state index is -0.841. The third-order valence-electron chi connectivity index (χ3n) is 3.23. The summed E-state index contributed by atoms with van der Waals surface area (Å²) < 4.78 is 0. The van der Waals surface area contributed by atoms with Crippen LogP contribution >= 0.6 is 0 Å². The number of carbonyl (C=O) groups excluding carboxylic acids is 1. The van der Waals surface area contributed by atoms with Crippen LogP contribution in [0.25, 0.3) is 0 Å². The summed E-state index contributed by atoms with van der Waals surface area (Å²) in [4.78, 5) is 23.1. The Hall–Kier alpha value is -1.64. The van der Waals surface area contributed by atoms with Gasteiger partial charge in [-0.05, 0) is 12.8 Å². The minimum absolute atomic E-state index is 0.0227. The zero-order chi connectivity index (χ0) is 11.5. The minimum Gasteiger partial charge on any atom is -0.481 e. The van der Waals surface area contributed by atoms with Gasteiger partial charge in [0.25, 0.3) is 0 Å². The Balaban J connectivity index is 2.19. The molecule has 84 valence electrons. The average Bonchev–Trinajstić information content (AvgIpc) is 2.78. The number of aliphatic carboxylic acids is 1. The maximum absolute atomic E-state index is 12.1. The van der Waals surface area contributed by atoms with E-state index in [4.69, 9.17) is 5.11 Å². The van der Waals surface area contributed by atoms with E-state index < -0.39 is 11.9 Å². The lowest BCUT2D eigenvalue weighted by Gasteiger charge is -2.14. The first-order chi connectivity index (χ1) is 7.70. The van der Waals surface area contributed by atoms with Crippen molar-refractivity contribution in [3.05, 3.63) is 35.9 Å². The molecule has 1 aromatic carbocycles. The van der Waals surface area contributed by atoms with E-state index in [1.165, 1.54) is 0 Å². The number of Topliss-reactive ketones (excluding diaryl/α,β-unsaturated/α-hetero) is 1. The van der Waals surface area contributed by atoms with Gasteiger partial charge in [0.2, 0.25) is 0 Å². The topological polar surface area (TPSA) is 54.4 Å². The van der Waals surface area contributed by atoms with Gasteiger partial charge in [0.05, 0.1) is 5.92 Å². The van der Waals surface area contributed by atoms with E-state index in [1.807, 2.05) is 6.07 Å². The predicted molar refractivity (Wildman–Crippen MR) is 59.2 cm³/mol. The van der Waals surface area contributed by atoms with E-state index in [0.29, 0.717) is 18.4 Å². The molecule has 2 atom stereocenters. The zero-order valence-corrected chi connectivity index (χ0v) is 8.93. The third kappa shape index (κ3) is 1.98. The van der Waals surface area contributed by atoms with Gasteiger partial charge in [-0.1, -0.05) is 36.8 Å². The van der Waals surface area contributed by atoms with Crippen molar-refractivity contribution in [2.24, 2.45) is 11.8 Å². The summed E-state index contributed by atoms with van der Waals surface area (Å²) in [6.45, 7) is 0. The molecule has 0 saturated heterocycles. The smallest absolute Gasteiger partial charge is 0.307 e. The number of hydrogen-bond donors (Lipinski definition) is 1. The number of carbonyl (C=O) groups is 2. The molecule has 2 rings (SSSR count). The fourth-order valence-electron chi connectivity index (χ4n) is 2.39. The summed E-state index contributed by atoms with van der Waals surface area (Å²) in [6.07, 6.45) is 2.16. The van der Waals surface area contributed by atoms with E-state index in [1.54, 1.807) is 24.3 Å². The fourth-order valence-corrected chi connectivity index (χ4v) is 2.39. The summed E-state index contributed by atoms with van der Waals surface area (Å²) in [5.41, 5.74) is 0.626. The lowest BCUT2D eigenvalue weighted by atomic mass is 9.88. The second kappa shape index (κ2) is 4.47. The predicted octanol–water partition coefficient (Wildman–Crippen LogP) is 2.37. The quantitative estimate of drug-likeness (QED) is 0.792. The molecule has 0 aromatic heterocycles. The highest BCUT2D eigenvalue weighted by Crippen LogP contribution is 2.34. The van der Waals surface area contributed by atoms with Crippen LogP contribution in [0.3, 0.4) is 0 Å². The highest BCUT2D eigenvalue weighted by Gasteiger charge is 2.37. The summed E-state index contributed by atoms with van der Waals surface area (Å²) >= 11 is 0. The number of ketones is 1. The Morgan fingerprint density at radius 1 is 1.06 bits per heavy atom. The van der Waals surface area contributed by atoms with E-state index in [0.717, 1.165) is 6.42 Å². The number of carboxylic acids is 1. The molecule has 0 spiro atoms. The highest BCUT2D eigenvalue weighted by molar-refractivity contribution is 6.00. The molecule has 3 heteroatoms. The molecule has 0 radical (unpaired) electrons. The van der Waals surface area contributed by atoms with Crippen LogP contribution in [-0.2, 0) is 4.79 Å². The normalized spacial score (nSPS) is 24.2. The summed E-state index contributed by atoms with van der Waals surface area (Å²) in [6, 6.07) is 8.95. The van der Waals surface area contributed by atoms with Crippen LogP contribution in [0.2, 0.25) is 0 Å². The molecule has 0 aliphatic heterocycles. The van der Waals surface area contributed by atoms with Crippen molar-refractivity contribution in [1.82, 2.24) is 0 Å². The number of benzene rings is 1. The van der Waals surface area contributed by atoms with Gasteiger partial charge >= 0.3 is 5.97 Å². The van der Waals surface area contributed by atoms with Crippen molar-refractivity contribution >= 4 is 11.8 Å². The molecular formula is C13H14O3. The molecule has 1 saturated carbocycles. The standard InChI is InChI=1S/C13H14O3/c14-12(9-5-2-1-3-6-9)10-7-4-8-11(10)13(15)16/h1-3,5-6,10-11H,4,7-8H2,(H,15,16). The zero-order valence-electron chi connectivity index (χ0n) is 8.93. The lowest BCUT2D eigenvalue weighted by molar-refractivity contribution is -0.142. The molecule has 3 nitrogen and oxygen atoms in total. The molecule has 1 N–H and O–H groups in total. The van der Waals surface area contributed by atoms with Gasteiger partial charge in [0.1, 0.15) is 0 Å². The van der Waals surface area contributed by atoms with Crippen LogP contribution in [0.5, 0.6) is 0 Å². The maximum Gasteiger partial charge on any atom is 0.307 e. The van der Waals surface area contributed by atoms with Crippen molar-refractivity contribution < 1.29 is 14.7 Å². The number of carboxylic acid groups (broad SMARTS) is 1. The van der Waals surface area contributed by atoms with Crippen LogP contribution in [0.15, 0.2) is 30.3 Å². The summed E-state index contributed by atoms with van der Waals surface area (Å²) in [7, 11) is 0. The van der Waals surface area contributed by atoms with E-state index in [-0.39, 0.29) is 11.7 Å². The van der Waals surface area contributed by atoms with Crippen molar-refractivity contribution in [1.29, 1.82) is 0 Å². The van der Waals surface area contributed by atoms with Gasteiger partial charge in [-0.15, -0.1) is 0 Å². The lowest BCUT2D eigenvalue weighted by Crippen LogP contribution is -2.25. The largest absolute Gasteiger partial charge is 0.481 e. The van der Waals surface area contributed by atoms with E-state index >= 15 is 0 Å². The van der Waals surface area contributed by atoms with Gasteiger partial charge < -0.3 is 5.11 Å². The van der Waals surface area contributed by atoms with E-state index in [2.05, 4.69) is 0 Å². The molecule has 0 amide bonds. The Morgan fingerprint density at radius 2 is 1.69 bits per heavy atom. The Kier molecular flexibility index (Phi) is 3.04. The van der Waals surface area contributed by atoms with Crippen LogP contribution in [0, 0.1) is 11.8 Å². The Bertz CT molecular complexity index is 397. The molecule has 1 fully saturated rings. The van der Waals surface area contributed by atoms with Crippen molar-refractivity contribution in [3.8, 4) is 0 Å². The number of rotatable bonds is 3. The molecule has 0 bridgehead atoms. The molecule has 0 heterocycles. The van der Waals surface area contributed by atoms with Gasteiger partial charge in [-0.2, -0.15) is 0 Å². The molecule has 1 aromatic rings. The van der Waals surface area contributed by atoms with Crippen LogP contribution in [0.1, 0.15) is 29.6 Å². The van der Waals surface area contributed by atoms with Gasteiger partial charge in [0, 0.05) is 11.5 Å². The molecule has 2 unspecified atom stereocenters. The van der Waals surface area contributed by atoms with Crippen LogP contribution in [0.4, 0.5) is 0 Å². The van der Waals surface area contributed by atoms with Crippen molar-refractivity contribution in [2.45, 2.75) is 19.3 Å². The van der Waals surface area contributed by atoms with Crippen LogP contribution in [-0.4, -0.2) is 16.9 Å². The molecular weight excluding hydrogens is 204 g/mol. The fraction of sp³-hybridized carbons (Fsp3) is 0.385. The monoisotopic (exact) mass is 218 g/mol. The molecule has 1 aliphatic carbocycles. The number of hydrogen-bond acceptors (Lipinski definition) is 2. The highest BCUT2D eigenvalue weighted by atomic mass is 16.4. The van der Waals surface area contributed by atoms with E-state index in [9.17, 15) is 9.59 Å². The second-order valence-corrected chi connectivity index (χ2v) is 4.21. The van der Waals surface area contributed by atoms with Crippen molar-refractivity contribution in [2.75, 3.05) is 0 Å². The average molecular weight is 218 g/mol. The van der Waals surface area contributed by atoms with Gasteiger partial charge in [-0.3, -0.25) is 9.59 Å². The van der Waals surface area contributed by atoms with Gasteiger partial charge in [-0.25, -0.2) is 0 Å². The maximum atomic E-state index is 12.1.